The van der Waals surface area contributed by atoms with Crippen LogP contribution in [-0.2, 0) is 4.79 Å². The first kappa shape index (κ1) is 17.5. The van der Waals surface area contributed by atoms with Crippen LogP contribution < -0.4 is 14.2 Å². The zero-order valence-electron chi connectivity index (χ0n) is 13.9. The lowest BCUT2D eigenvalue weighted by atomic mass is 10.3. The minimum Gasteiger partial charge on any atom is -0.497 e. The lowest BCUT2D eigenvalue weighted by Crippen LogP contribution is -2.34. The van der Waals surface area contributed by atoms with Crippen LogP contribution in [0.3, 0.4) is 0 Å². The van der Waals surface area contributed by atoms with E-state index in [0.29, 0.717) is 24.7 Å². The molecule has 25 heavy (non-hydrogen) atoms. The molecule has 0 N–H and O–H groups in total. The van der Waals surface area contributed by atoms with Gasteiger partial charge in [-0.3, -0.25) is 4.79 Å². The fourth-order valence-corrected chi connectivity index (χ4v) is 2.80. The van der Waals surface area contributed by atoms with E-state index in [1.807, 2.05) is 6.07 Å². The van der Waals surface area contributed by atoms with Crippen molar-refractivity contribution in [3.8, 4) is 17.4 Å². The second-order valence-electron chi connectivity index (χ2n) is 5.65. The maximum absolute atomic E-state index is 12.3. The Kier molecular flexibility index (Phi) is 5.75. The first-order valence-corrected chi connectivity index (χ1v) is 8.76. The molecular weight excluding hydrogens is 388 g/mol. The predicted octanol–water partition coefficient (Wildman–Crippen LogP) is 2.91. The average Bonchev–Trinajstić information content (AvgIpc) is 3.10. The van der Waals surface area contributed by atoms with Gasteiger partial charge < -0.3 is 19.1 Å². The lowest BCUT2D eigenvalue weighted by Gasteiger charge is -2.17. The second-order valence-corrected chi connectivity index (χ2v) is 6.56. The lowest BCUT2D eigenvalue weighted by molar-refractivity contribution is -0.132. The van der Waals surface area contributed by atoms with Crippen LogP contribution in [0.2, 0.25) is 0 Å². The zero-order chi connectivity index (χ0) is 17.6. The maximum Gasteiger partial charge on any atom is 0.260 e. The number of ether oxygens (including phenoxy) is 3. The largest absolute Gasteiger partial charge is 0.497 e. The quantitative estimate of drug-likeness (QED) is 0.737. The van der Waals surface area contributed by atoms with Crippen molar-refractivity contribution in [1.82, 2.24) is 9.88 Å². The van der Waals surface area contributed by atoms with Gasteiger partial charge in [0.1, 0.15) is 17.6 Å². The number of carbonyl (C=O) groups is 1. The molecule has 2 aromatic rings. The van der Waals surface area contributed by atoms with Crippen LogP contribution in [0.1, 0.15) is 6.42 Å². The molecule has 1 atom stereocenters. The van der Waals surface area contributed by atoms with Crippen molar-refractivity contribution in [3.63, 3.8) is 0 Å². The van der Waals surface area contributed by atoms with Crippen LogP contribution in [0.15, 0.2) is 47.1 Å². The number of benzene rings is 1. The first-order chi connectivity index (χ1) is 12.1. The molecule has 1 saturated heterocycles. The molecule has 7 heteroatoms. The molecule has 0 radical (unpaired) electrons. The Morgan fingerprint density at radius 3 is 2.68 bits per heavy atom. The third kappa shape index (κ3) is 4.85. The number of halogens is 1. The van der Waals surface area contributed by atoms with Gasteiger partial charge in [-0.2, -0.15) is 0 Å². The summed E-state index contributed by atoms with van der Waals surface area (Å²) in [6.45, 7) is 1.21. The molecule has 3 rings (SSSR count). The standard InChI is InChI=1S/C18H19BrN2O4/c1-23-14-3-5-15(6-4-14)24-12-18(22)21-9-8-16(11-21)25-17-7-2-13(19)10-20-17/h2-7,10,16H,8-9,11-12H2,1H3. The van der Waals surface area contributed by atoms with Crippen molar-refractivity contribution >= 4 is 21.8 Å². The molecule has 0 spiro atoms. The molecule has 6 nitrogen and oxygen atoms in total. The van der Waals surface area contributed by atoms with E-state index in [-0.39, 0.29) is 18.6 Å². The van der Waals surface area contributed by atoms with Crippen LogP contribution in [0, 0.1) is 0 Å². The molecule has 0 aliphatic carbocycles. The van der Waals surface area contributed by atoms with Crippen molar-refractivity contribution in [1.29, 1.82) is 0 Å². The number of amides is 1. The highest BCUT2D eigenvalue weighted by molar-refractivity contribution is 9.10. The van der Waals surface area contributed by atoms with Crippen molar-refractivity contribution in [3.05, 3.63) is 47.1 Å². The smallest absolute Gasteiger partial charge is 0.260 e. The van der Waals surface area contributed by atoms with Gasteiger partial charge in [0.2, 0.25) is 5.88 Å². The maximum atomic E-state index is 12.3. The molecule has 1 aromatic carbocycles. The summed E-state index contributed by atoms with van der Waals surface area (Å²) in [5.41, 5.74) is 0. The number of hydrogen-bond acceptors (Lipinski definition) is 5. The third-order valence-corrected chi connectivity index (χ3v) is 4.38. The molecule has 1 aliphatic rings. The topological polar surface area (TPSA) is 60.9 Å². The number of methoxy groups -OCH3 is 1. The Bertz CT molecular complexity index is 706. The van der Waals surface area contributed by atoms with Crippen LogP contribution in [-0.4, -0.2) is 48.7 Å². The second kappa shape index (κ2) is 8.20. The van der Waals surface area contributed by atoms with Gasteiger partial charge in [0.15, 0.2) is 6.61 Å². The fourth-order valence-electron chi connectivity index (χ4n) is 2.56. The predicted molar refractivity (Wildman–Crippen MR) is 96.0 cm³/mol. The molecule has 1 unspecified atom stereocenters. The third-order valence-electron chi connectivity index (χ3n) is 3.91. The summed E-state index contributed by atoms with van der Waals surface area (Å²) in [7, 11) is 1.61. The molecule has 2 heterocycles. The summed E-state index contributed by atoms with van der Waals surface area (Å²) in [5, 5.41) is 0. The highest BCUT2D eigenvalue weighted by atomic mass is 79.9. The average molecular weight is 407 g/mol. The summed E-state index contributed by atoms with van der Waals surface area (Å²) in [4.78, 5) is 18.2. The number of likely N-dealkylation sites (tertiary alicyclic amines) is 1. The van der Waals surface area contributed by atoms with E-state index >= 15 is 0 Å². The minimum absolute atomic E-state index is 0.00951. The molecular formula is C18H19BrN2O4. The van der Waals surface area contributed by atoms with E-state index in [9.17, 15) is 4.79 Å². The van der Waals surface area contributed by atoms with Gasteiger partial charge in [0.05, 0.1) is 13.7 Å². The monoisotopic (exact) mass is 406 g/mol. The fraction of sp³-hybridized carbons (Fsp3) is 0.333. The van der Waals surface area contributed by atoms with Crippen LogP contribution in [0.25, 0.3) is 0 Å². The molecule has 1 aliphatic heterocycles. The van der Waals surface area contributed by atoms with Gasteiger partial charge in [0, 0.05) is 29.7 Å². The summed E-state index contributed by atoms with van der Waals surface area (Å²) in [6.07, 6.45) is 2.43. The molecule has 1 fully saturated rings. The summed E-state index contributed by atoms with van der Waals surface area (Å²) >= 11 is 3.34. The Morgan fingerprint density at radius 1 is 1.24 bits per heavy atom. The number of pyridine rings is 1. The van der Waals surface area contributed by atoms with E-state index in [0.717, 1.165) is 16.6 Å². The van der Waals surface area contributed by atoms with E-state index in [2.05, 4.69) is 20.9 Å². The SMILES string of the molecule is COc1ccc(OCC(=O)N2CCC(Oc3ccc(Br)cn3)C2)cc1. The van der Waals surface area contributed by atoms with Gasteiger partial charge >= 0.3 is 0 Å². The van der Waals surface area contributed by atoms with Gasteiger partial charge in [-0.25, -0.2) is 4.98 Å². The van der Waals surface area contributed by atoms with Crippen LogP contribution in [0.5, 0.6) is 17.4 Å². The zero-order valence-corrected chi connectivity index (χ0v) is 15.4. The van der Waals surface area contributed by atoms with E-state index < -0.39 is 0 Å². The number of hydrogen-bond donors (Lipinski definition) is 0. The van der Waals surface area contributed by atoms with Gasteiger partial charge in [-0.05, 0) is 46.3 Å². The van der Waals surface area contributed by atoms with Crippen molar-refractivity contribution in [2.45, 2.75) is 12.5 Å². The van der Waals surface area contributed by atoms with Gasteiger partial charge in [-0.1, -0.05) is 0 Å². The number of aromatic nitrogens is 1. The summed E-state index contributed by atoms with van der Waals surface area (Å²) in [5.74, 6) is 1.91. The number of rotatable bonds is 6. The molecule has 0 bridgehead atoms. The van der Waals surface area contributed by atoms with Gasteiger partial charge in [0.25, 0.3) is 5.91 Å². The van der Waals surface area contributed by atoms with E-state index in [1.54, 1.807) is 48.5 Å². The highest BCUT2D eigenvalue weighted by Crippen LogP contribution is 2.20. The Labute approximate surface area is 154 Å². The highest BCUT2D eigenvalue weighted by Gasteiger charge is 2.28. The van der Waals surface area contributed by atoms with Crippen LogP contribution in [0.4, 0.5) is 0 Å². The Morgan fingerprint density at radius 2 is 2.00 bits per heavy atom. The van der Waals surface area contributed by atoms with Crippen molar-refractivity contribution < 1.29 is 19.0 Å². The minimum atomic E-state index is -0.0503. The first-order valence-electron chi connectivity index (χ1n) is 7.97. The normalized spacial score (nSPS) is 16.6. The Hall–Kier alpha value is -2.28. The van der Waals surface area contributed by atoms with E-state index in [4.69, 9.17) is 14.2 Å². The molecule has 1 aromatic heterocycles. The van der Waals surface area contributed by atoms with Crippen molar-refractivity contribution in [2.75, 3.05) is 26.8 Å². The molecule has 1 amide bonds. The number of carbonyl (C=O) groups excluding carboxylic acids is 1. The summed E-state index contributed by atoms with van der Waals surface area (Å²) in [6, 6.07) is 10.8. The molecule has 0 saturated carbocycles. The Balaban J connectivity index is 1.46. The van der Waals surface area contributed by atoms with Gasteiger partial charge in [-0.15, -0.1) is 0 Å². The number of nitrogens with zero attached hydrogens (tertiary/aromatic N) is 2. The summed E-state index contributed by atoms with van der Waals surface area (Å²) < 4.78 is 17.4. The van der Waals surface area contributed by atoms with Crippen LogP contribution >= 0.6 is 15.9 Å². The molecule has 132 valence electrons. The van der Waals surface area contributed by atoms with Crippen molar-refractivity contribution in [2.24, 2.45) is 0 Å². The van der Waals surface area contributed by atoms with E-state index in [1.165, 1.54) is 0 Å².